The number of nitrogens with one attached hydrogen (secondary N) is 1. The maximum Gasteiger partial charge on any atom is 0.339 e. The Kier molecular flexibility index (Phi) is 5.90. The van der Waals surface area contributed by atoms with Crippen molar-refractivity contribution in [3.05, 3.63) is 0 Å². The number of unbranched alkanes of at least 4 members (excludes halogenated alkanes) is 1. The lowest BCUT2D eigenvalue weighted by Crippen LogP contribution is -2.49. The van der Waals surface area contributed by atoms with E-state index < -0.39 is 17.5 Å². The summed E-state index contributed by atoms with van der Waals surface area (Å²) in [4.78, 5) is 8.50. The standard InChI is InChI=1S/C7H13ClF2N2O2/c8-7(5(13)14,12-6(9)10)3-1-2-4-11/h6,12H,1-4,11H2,(H,13,14)/t7-/m0/s1. The molecule has 1 atom stereocenters. The molecular formula is C7H13ClF2N2O2. The van der Waals surface area contributed by atoms with Gasteiger partial charge in [-0.3, -0.25) is 0 Å². The summed E-state index contributed by atoms with van der Waals surface area (Å²) in [7, 11) is 0. The molecule has 14 heavy (non-hydrogen) atoms. The van der Waals surface area contributed by atoms with E-state index in [1.807, 2.05) is 0 Å². The van der Waals surface area contributed by atoms with Crippen molar-refractivity contribution in [2.45, 2.75) is 30.8 Å². The number of alkyl halides is 3. The van der Waals surface area contributed by atoms with Crippen molar-refractivity contribution in [2.75, 3.05) is 6.54 Å². The highest BCUT2D eigenvalue weighted by Crippen LogP contribution is 2.21. The molecule has 0 aliphatic heterocycles. The van der Waals surface area contributed by atoms with Crippen LogP contribution in [0.15, 0.2) is 0 Å². The van der Waals surface area contributed by atoms with Crippen LogP contribution in [-0.4, -0.2) is 29.2 Å². The fourth-order valence-corrected chi connectivity index (χ4v) is 1.14. The van der Waals surface area contributed by atoms with E-state index in [2.05, 4.69) is 0 Å². The maximum absolute atomic E-state index is 11.9. The van der Waals surface area contributed by atoms with Gasteiger partial charge in [0.25, 0.3) is 6.55 Å². The summed E-state index contributed by atoms with van der Waals surface area (Å²) >= 11 is 5.47. The van der Waals surface area contributed by atoms with Crippen LogP contribution in [0.5, 0.6) is 0 Å². The minimum absolute atomic E-state index is 0.0918. The van der Waals surface area contributed by atoms with Crippen molar-refractivity contribution in [1.82, 2.24) is 5.32 Å². The van der Waals surface area contributed by atoms with E-state index in [0.717, 1.165) is 0 Å². The highest BCUT2D eigenvalue weighted by atomic mass is 35.5. The Labute approximate surface area is 85.4 Å². The Bertz CT molecular complexity index is 195. The second-order valence-corrected chi connectivity index (χ2v) is 3.44. The third-order valence-electron chi connectivity index (χ3n) is 1.65. The number of hydrogen-bond donors (Lipinski definition) is 3. The average Bonchev–Trinajstić information content (AvgIpc) is 2.03. The molecule has 0 fully saturated rings. The summed E-state index contributed by atoms with van der Waals surface area (Å²) in [6.45, 7) is -2.58. The molecule has 4 N–H and O–H groups in total. The zero-order valence-electron chi connectivity index (χ0n) is 7.47. The molecule has 0 saturated heterocycles. The predicted octanol–water partition coefficient (Wildman–Crippen LogP) is 0.947. The summed E-state index contributed by atoms with van der Waals surface area (Å²) in [5.41, 5.74) is 5.18. The highest BCUT2D eigenvalue weighted by molar-refractivity contribution is 6.33. The third kappa shape index (κ3) is 4.69. The fourth-order valence-electron chi connectivity index (χ4n) is 0.927. The third-order valence-corrected chi connectivity index (χ3v) is 2.11. The van der Waals surface area contributed by atoms with E-state index >= 15 is 0 Å². The number of rotatable bonds is 7. The van der Waals surface area contributed by atoms with Gasteiger partial charge in [0.05, 0.1) is 0 Å². The van der Waals surface area contributed by atoms with Crippen LogP contribution < -0.4 is 11.1 Å². The molecule has 84 valence electrons. The highest BCUT2D eigenvalue weighted by Gasteiger charge is 2.37. The van der Waals surface area contributed by atoms with Gasteiger partial charge in [-0.15, -0.1) is 0 Å². The number of carboxylic acid groups (broad SMARTS) is 1. The van der Waals surface area contributed by atoms with Crippen molar-refractivity contribution in [3.63, 3.8) is 0 Å². The minimum Gasteiger partial charge on any atom is -0.479 e. The Hall–Kier alpha value is -0.460. The minimum atomic E-state index is -2.96. The number of aliphatic carboxylic acids is 1. The molecular weight excluding hydrogens is 218 g/mol. The molecule has 0 saturated carbocycles. The fraction of sp³-hybridized carbons (Fsp3) is 0.857. The van der Waals surface area contributed by atoms with E-state index in [4.69, 9.17) is 22.4 Å². The first-order valence-corrected chi connectivity index (χ1v) is 4.48. The van der Waals surface area contributed by atoms with Gasteiger partial charge in [-0.25, -0.2) is 10.1 Å². The first kappa shape index (κ1) is 13.5. The second-order valence-electron chi connectivity index (χ2n) is 2.80. The summed E-state index contributed by atoms with van der Waals surface area (Å²) in [6.07, 6.45) is 0.837. The molecule has 0 aliphatic rings. The smallest absolute Gasteiger partial charge is 0.339 e. The van der Waals surface area contributed by atoms with E-state index in [1.54, 1.807) is 0 Å². The molecule has 0 aliphatic carbocycles. The molecule has 7 heteroatoms. The van der Waals surface area contributed by atoms with Crippen LogP contribution in [0.3, 0.4) is 0 Å². The van der Waals surface area contributed by atoms with Crippen molar-refractivity contribution >= 4 is 17.6 Å². The lowest BCUT2D eigenvalue weighted by Gasteiger charge is -2.23. The monoisotopic (exact) mass is 230 g/mol. The number of carbonyl (C=O) groups is 1. The molecule has 0 rings (SSSR count). The van der Waals surface area contributed by atoms with Gasteiger partial charge in [0, 0.05) is 0 Å². The van der Waals surface area contributed by atoms with Gasteiger partial charge < -0.3 is 10.8 Å². The van der Waals surface area contributed by atoms with E-state index in [9.17, 15) is 13.6 Å². The molecule has 0 spiro atoms. The number of halogens is 3. The van der Waals surface area contributed by atoms with E-state index in [1.165, 1.54) is 5.32 Å². The maximum atomic E-state index is 11.9. The second kappa shape index (κ2) is 6.10. The summed E-state index contributed by atoms with van der Waals surface area (Å²) in [5.74, 6) is -1.50. The summed E-state index contributed by atoms with van der Waals surface area (Å²) in [5, 5.41) is 10.1. The molecule has 0 amide bonds. The molecule has 0 unspecified atom stereocenters. The largest absolute Gasteiger partial charge is 0.479 e. The first-order chi connectivity index (χ1) is 6.42. The molecule has 0 heterocycles. The van der Waals surface area contributed by atoms with Crippen molar-refractivity contribution in [3.8, 4) is 0 Å². The normalized spacial score (nSPS) is 15.5. The average molecular weight is 231 g/mol. The Morgan fingerprint density at radius 3 is 2.50 bits per heavy atom. The van der Waals surface area contributed by atoms with Gasteiger partial charge in [-0.2, -0.15) is 8.78 Å². The molecule has 0 aromatic rings. The van der Waals surface area contributed by atoms with Gasteiger partial charge in [0.1, 0.15) is 0 Å². The quantitative estimate of drug-likeness (QED) is 0.346. The molecule has 0 bridgehead atoms. The topological polar surface area (TPSA) is 75.3 Å². The zero-order chi connectivity index (χ0) is 11.2. The number of nitrogens with two attached hydrogens (primary N) is 1. The van der Waals surface area contributed by atoms with Gasteiger partial charge in [0.15, 0.2) is 5.00 Å². The number of carboxylic acids is 1. The lowest BCUT2D eigenvalue weighted by molar-refractivity contribution is -0.143. The first-order valence-electron chi connectivity index (χ1n) is 4.10. The van der Waals surface area contributed by atoms with Crippen LogP contribution in [0.1, 0.15) is 19.3 Å². The van der Waals surface area contributed by atoms with Crippen molar-refractivity contribution in [2.24, 2.45) is 5.73 Å². The van der Waals surface area contributed by atoms with Crippen molar-refractivity contribution in [1.29, 1.82) is 0 Å². The van der Waals surface area contributed by atoms with Gasteiger partial charge >= 0.3 is 5.97 Å². The van der Waals surface area contributed by atoms with Crippen LogP contribution in [0.25, 0.3) is 0 Å². The molecule has 0 aromatic heterocycles. The predicted molar refractivity (Wildman–Crippen MR) is 48.3 cm³/mol. The van der Waals surface area contributed by atoms with Crippen molar-refractivity contribution < 1.29 is 18.7 Å². The van der Waals surface area contributed by atoms with Crippen LogP contribution in [0.4, 0.5) is 8.78 Å². The summed E-state index contributed by atoms with van der Waals surface area (Å²) in [6, 6.07) is 0. The Morgan fingerprint density at radius 2 is 2.14 bits per heavy atom. The van der Waals surface area contributed by atoms with Crippen LogP contribution >= 0.6 is 11.6 Å². The molecule has 0 aromatic carbocycles. The zero-order valence-corrected chi connectivity index (χ0v) is 8.23. The molecule has 0 radical (unpaired) electrons. The summed E-state index contributed by atoms with van der Waals surface area (Å²) < 4.78 is 23.8. The van der Waals surface area contributed by atoms with Crippen LogP contribution in [-0.2, 0) is 4.79 Å². The van der Waals surface area contributed by atoms with E-state index in [-0.39, 0.29) is 6.42 Å². The molecule has 4 nitrogen and oxygen atoms in total. The van der Waals surface area contributed by atoms with Gasteiger partial charge in [0.2, 0.25) is 0 Å². The van der Waals surface area contributed by atoms with E-state index in [0.29, 0.717) is 19.4 Å². The number of hydrogen-bond acceptors (Lipinski definition) is 3. The SMILES string of the molecule is NCCCC[C@](Cl)(NC(F)F)C(=O)O. The van der Waals surface area contributed by atoms with Gasteiger partial charge in [-0.05, 0) is 25.8 Å². The lowest BCUT2D eigenvalue weighted by atomic mass is 10.1. The van der Waals surface area contributed by atoms with Crippen LogP contribution in [0, 0.1) is 0 Å². The van der Waals surface area contributed by atoms with Crippen LogP contribution in [0.2, 0.25) is 0 Å². The van der Waals surface area contributed by atoms with Gasteiger partial charge in [-0.1, -0.05) is 11.6 Å². The Balaban J connectivity index is 4.17. The Morgan fingerprint density at radius 1 is 1.57 bits per heavy atom.